The number of carbonyl (C=O) groups excluding carboxylic acids is 1. The molecule has 5 rings (SSSR count). The van der Waals surface area contributed by atoms with Crippen molar-refractivity contribution in [3.63, 3.8) is 0 Å². The first kappa shape index (κ1) is 21.2. The topological polar surface area (TPSA) is 84.8 Å². The Kier molecular flexibility index (Phi) is 5.59. The van der Waals surface area contributed by atoms with Gasteiger partial charge in [0.2, 0.25) is 0 Å². The fourth-order valence-corrected chi connectivity index (χ4v) is 4.02. The maximum Gasteiger partial charge on any atom is 0.258 e. The van der Waals surface area contributed by atoms with Gasteiger partial charge in [-0.05, 0) is 30.5 Å². The Hall–Kier alpha value is -3.66. The van der Waals surface area contributed by atoms with E-state index >= 15 is 0 Å². The van der Waals surface area contributed by atoms with Crippen LogP contribution in [0.1, 0.15) is 40.4 Å². The monoisotopic (exact) mass is 455 g/mol. The predicted octanol–water partition coefficient (Wildman–Crippen LogP) is 4.37. The zero-order valence-electron chi connectivity index (χ0n) is 17.4. The number of amides is 1. The van der Waals surface area contributed by atoms with Crippen molar-refractivity contribution >= 4 is 22.5 Å². The first-order valence-corrected chi connectivity index (χ1v) is 10.5. The number of halogens is 3. The molecule has 0 saturated carbocycles. The Morgan fingerprint density at radius 1 is 1.12 bits per heavy atom. The summed E-state index contributed by atoms with van der Waals surface area (Å²) >= 11 is 0. The van der Waals surface area contributed by atoms with Gasteiger partial charge in [0.05, 0.1) is 35.2 Å². The van der Waals surface area contributed by atoms with Gasteiger partial charge in [-0.25, -0.2) is 13.2 Å². The summed E-state index contributed by atoms with van der Waals surface area (Å²) in [5.41, 5.74) is 2.01. The Labute approximate surface area is 186 Å². The molecule has 0 aliphatic carbocycles. The van der Waals surface area contributed by atoms with E-state index in [1.165, 1.54) is 29.3 Å². The summed E-state index contributed by atoms with van der Waals surface area (Å²) in [6.45, 7) is 1.45. The van der Waals surface area contributed by atoms with E-state index in [-0.39, 0.29) is 23.8 Å². The molecule has 4 heterocycles. The number of rotatable bonds is 5. The largest absolute Gasteiger partial charge is 0.381 e. The number of aromatic amines is 1. The lowest BCUT2D eigenvalue weighted by Gasteiger charge is -2.22. The van der Waals surface area contributed by atoms with Crippen LogP contribution in [0, 0.1) is 17.5 Å². The van der Waals surface area contributed by atoms with E-state index in [1.54, 1.807) is 6.20 Å². The van der Waals surface area contributed by atoms with Gasteiger partial charge >= 0.3 is 0 Å². The second kappa shape index (κ2) is 8.70. The summed E-state index contributed by atoms with van der Waals surface area (Å²) in [5, 5.41) is 7.17. The van der Waals surface area contributed by atoms with Crippen LogP contribution in [0.3, 0.4) is 0 Å². The molecule has 0 bridgehead atoms. The van der Waals surface area contributed by atoms with Gasteiger partial charge in [0.15, 0.2) is 11.6 Å². The molecule has 7 nitrogen and oxygen atoms in total. The Bertz CT molecular complexity index is 1330. The van der Waals surface area contributed by atoms with Crippen molar-refractivity contribution in [1.82, 2.24) is 19.7 Å². The summed E-state index contributed by atoms with van der Waals surface area (Å²) in [6.07, 6.45) is 7.48. The van der Waals surface area contributed by atoms with Crippen molar-refractivity contribution < 1.29 is 22.7 Å². The zero-order valence-corrected chi connectivity index (χ0v) is 17.4. The quantitative estimate of drug-likeness (QED) is 0.468. The second-order valence-electron chi connectivity index (χ2n) is 7.99. The van der Waals surface area contributed by atoms with Crippen LogP contribution in [-0.4, -0.2) is 38.9 Å². The molecule has 33 heavy (non-hydrogen) atoms. The number of nitrogens with zero attached hydrogens (tertiary/aromatic N) is 3. The van der Waals surface area contributed by atoms with Gasteiger partial charge in [0, 0.05) is 49.2 Å². The molecule has 10 heteroatoms. The molecule has 0 atom stereocenters. The lowest BCUT2D eigenvalue weighted by atomic mass is 9.95. The molecule has 1 aliphatic rings. The summed E-state index contributed by atoms with van der Waals surface area (Å²) in [6, 6.07) is 3.49. The van der Waals surface area contributed by atoms with E-state index in [0.717, 1.165) is 25.0 Å². The molecule has 170 valence electrons. The number of benzene rings is 1. The van der Waals surface area contributed by atoms with E-state index in [1.807, 2.05) is 0 Å². The van der Waals surface area contributed by atoms with Gasteiger partial charge in [-0.1, -0.05) is 0 Å². The van der Waals surface area contributed by atoms with Crippen LogP contribution in [0.4, 0.5) is 18.9 Å². The van der Waals surface area contributed by atoms with Crippen LogP contribution >= 0.6 is 0 Å². The molecule has 1 aliphatic heterocycles. The molecule has 4 aromatic rings. The molecule has 1 fully saturated rings. The molecule has 0 unspecified atom stereocenters. The number of nitrogens with one attached hydrogen (secondary N) is 2. The van der Waals surface area contributed by atoms with Crippen molar-refractivity contribution in [2.45, 2.75) is 25.3 Å². The Balaban J connectivity index is 1.28. The lowest BCUT2D eigenvalue weighted by Crippen LogP contribution is -2.16. The smallest absolute Gasteiger partial charge is 0.258 e. The predicted molar refractivity (Wildman–Crippen MR) is 114 cm³/mol. The maximum atomic E-state index is 14.6. The first-order valence-electron chi connectivity index (χ1n) is 10.5. The summed E-state index contributed by atoms with van der Waals surface area (Å²) in [7, 11) is 0. The highest BCUT2D eigenvalue weighted by Gasteiger charge is 2.21. The van der Waals surface area contributed by atoms with Crippen molar-refractivity contribution in [3.8, 4) is 0 Å². The van der Waals surface area contributed by atoms with E-state index in [0.29, 0.717) is 41.1 Å². The third-order valence-electron chi connectivity index (χ3n) is 5.75. The van der Waals surface area contributed by atoms with Crippen LogP contribution in [0.15, 0.2) is 43.0 Å². The van der Waals surface area contributed by atoms with E-state index < -0.39 is 17.5 Å². The number of hydrogen-bond acceptors (Lipinski definition) is 4. The second-order valence-corrected chi connectivity index (χ2v) is 7.99. The van der Waals surface area contributed by atoms with Crippen LogP contribution < -0.4 is 5.32 Å². The zero-order chi connectivity index (χ0) is 22.9. The number of ether oxygens (including phenoxy) is 1. The number of aromatic nitrogens is 4. The van der Waals surface area contributed by atoms with Crippen LogP contribution in [0.25, 0.3) is 10.9 Å². The average Bonchev–Trinajstić information content (AvgIpc) is 3.42. The van der Waals surface area contributed by atoms with Gasteiger partial charge in [-0.15, -0.1) is 0 Å². The number of hydrogen-bond donors (Lipinski definition) is 2. The maximum absolute atomic E-state index is 14.6. The number of anilines is 1. The van der Waals surface area contributed by atoms with Gasteiger partial charge in [0.1, 0.15) is 5.82 Å². The highest BCUT2D eigenvalue weighted by molar-refractivity contribution is 6.08. The average molecular weight is 455 g/mol. The van der Waals surface area contributed by atoms with Gasteiger partial charge < -0.3 is 15.0 Å². The molecule has 0 spiro atoms. The summed E-state index contributed by atoms with van der Waals surface area (Å²) in [4.78, 5) is 19.7. The standard InChI is InChI=1S/C23H20F3N5O2/c24-17-6-16-20(7-18(17)25)27-10-21(16)30-23(32)15-9-29-31(12-15)11-13-5-19(26)22(28-8-13)14-1-3-33-4-2-14/h5-10,12,14,27H,1-4,11H2,(H,30,32). The van der Waals surface area contributed by atoms with Crippen LogP contribution in [-0.2, 0) is 11.3 Å². The minimum Gasteiger partial charge on any atom is -0.381 e. The van der Waals surface area contributed by atoms with Gasteiger partial charge in [-0.3, -0.25) is 14.5 Å². The van der Waals surface area contributed by atoms with E-state index in [2.05, 4.69) is 20.4 Å². The van der Waals surface area contributed by atoms with Crippen molar-refractivity contribution in [1.29, 1.82) is 0 Å². The van der Waals surface area contributed by atoms with Gasteiger partial charge in [0.25, 0.3) is 5.91 Å². The fourth-order valence-electron chi connectivity index (χ4n) is 4.02. The normalized spacial score (nSPS) is 14.6. The van der Waals surface area contributed by atoms with Crippen molar-refractivity contribution in [2.24, 2.45) is 0 Å². The lowest BCUT2D eigenvalue weighted by molar-refractivity contribution is 0.0837. The molecule has 3 aromatic heterocycles. The van der Waals surface area contributed by atoms with E-state index in [4.69, 9.17) is 4.74 Å². The SMILES string of the molecule is O=C(Nc1c[nH]c2cc(F)c(F)cc12)c1cnn(Cc2cnc(C3CCOCC3)c(F)c2)c1. The molecule has 1 aromatic carbocycles. The third kappa shape index (κ3) is 4.34. The Morgan fingerprint density at radius 2 is 1.91 bits per heavy atom. The first-order chi connectivity index (χ1) is 16.0. The molecule has 1 amide bonds. The minimum absolute atomic E-state index is 0.0577. The molecule has 2 N–H and O–H groups in total. The van der Waals surface area contributed by atoms with Crippen LogP contribution in [0.5, 0.6) is 0 Å². The van der Waals surface area contributed by atoms with E-state index in [9.17, 15) is 18.0 Å². The highest BCUT2D eigenvalue weighted by atomic mass is 19.2. The number of fused-ring (bicyclic) bond motifs is 1. The summed E-state index contributed by atoms with van der Waals surface area (Å²) in [5.74, 6) is -2.75. The van der Waals surface area contributed by atoms with Crippen molar-refractivity contribution in [3.05, 3.63) is 77.3 Å². The summed E-state index contributed by atoms with van der Waals surface area (Å²) < 4.78 is 48.4. The number of pyridine rings is 1. The Morgan fingerprint density at radius 3 is 2.70 bits per heavy atom. The van der Waals surface area contributed by atoms with Crippen LogP contribution in [0.2, 0.25) is 0 Å². The fraction of sp³-hybridized carbons (Fsp3) is 0.261. The minimum atomic E-state index is -1.01. The molecular weight excluding hydrogens is 435 g/mol. The molecule has 0 radical (unpaired) electrons. The van der Waals surface area contributed by atoms with Gasteiger partial charge in [-0.2, -0.15) is 5.10 Å². The molecule has 1 saturated heterocycles. The number of carbonyl (C=O) groups is 1. The number of H-pyrrole nitrogens is 1. The third-order valence-corrected chi connectivity index (χ3v) is 5.75. The molecular formula is C23H20F3N5O2. The van der Waals surface area contributed by atoms with Crippen molar-refractivity contribution in [2.75, 3.05) is 18.5 Å². The highest BCUT2D eigenvalue weighted by Crippen LogP contribution is 2.28.